The van der Waals surface area contributed by atoms with E-state index in [2.05, 4.69) is 31.2 Å². The second-order valence-electron chi connectivity index (χ2n) is 4.33. The third kappa shape index (κ3) is 2.80. The zero-order valence-electron chi connectivity index (χ0n) is 9.28. The average Bonchev–Trinajstić information content (AvgIpc) is 2.23. The van der Waals surface area contributed by atoms with Crippen LogP contribution in [0.1, 0.15) is 30.9 Å². The second kappa shape index (κ2) is 4.77. The molecule has 0 aromatic heterocycles. The Kier molecular flexibility index (Phi) is 3.39. The zero-order valence-corrected chi connectivity index (χ0v) is 9.28. The average molecular weight is 205 g/mol. The highest BCUT2D eigenvalue weighted by molar-refractivity contribution is 5.21. The van der Waals surface area contributed by atoms with Crippen LogP contribution >= 0.6 is 0 Å². The Morgan fingerprint density at radius 3 is 2.33 bits per heavy atom. The molecule has 15 heavy (non-hydrogen) atoms. The Hall–Kier alpha value is -0.860. The van der Waals surface area contributed by atoms with Crippen molar-refractivity contribution in [3.05, 3.63) is 35.4 Å². The molecule has 2 rings (SSSR count). The van der Waals surface area contributed by atoms with Crippen molar-refractivity contribution in [2.24, 2.45) is 5.73 Å². The van der Waals surface area contributed by atoms with Gasteiger partial charge in [0, 0.05) is 6.04 Å². The number of ether oxygens (including phenoxy) is 1. The topological polar surface area (TPSA) is 35.2 Å². The monoisotopic (exact) mass is 205 g/mol. The molecule has 0 amide bonds. The van der Waals surface area contributed by atoms with Crippen LogP contribution in [-0.2, 0) is 17.8 Å². The first-order chi connectivity index (χ1) is 7.28. The summed E-state index contributed by atoms with van der Waals surface area (Å²) in [6.45, 7) is 2.89. The van der Waals surface area contributed by atoms with Crippen LogP contribution in [0.3, 0.4) is 0 Å². The van der Waals surface area contributed by atoms with Crippen molar-refractivity contribution in [1.29, 1.82) is 0 Å². The van der Waals surface area contributed by atoms with Gasteiger partial charge in [0.2, 0.25) is 0 Å². The van der Waals surface area contributed by atoms with Gasteiger partial charge in [0.05, 0.1) is 12.7 Å². The molecule has 0 atom stereocenters. The molecule has 82 valence electrons. The first kappa shape index (κ1) is 10.7. The molecule has 0 heterocycles. The summed E-state index contributed by atoms with van der Waals surface area (Å²) >= 11 is 0. The fraction of sp³-hybridized carbons (Fsp3) is 0.538. The maximum Gasteiger partial charge on any atom is 0.0720 e. The zero-order chi connectivity index (χ0) is 10.7. The van der Waals surface area contributed by atoms with Crippen molar-refractivity contribution in [3.63, 3.8) is 0 Å². The minimum atomic E-state index is 0.373. The maximum absolute atomic E-state index is 5.73. The van der Waals surface area contributed by atoms with Crippen LogP contribution < -0.4 is 5.73 Å². The van der Waals surface area contributed by atoms with E-state index in [0.29, 0.717) is 12.1 Å². The molecule has 1 aliphatic carbocycles. The van der Waals surface area contributed by atoms with Crippen LogP contribution in [0.5, 0.6) is 0 Å². The van der Waals surface area contributed by atoms with Crippen molar-refractivity contribution < 1.29 is 4.74 Å². The predicted octanol–water partition coefficient (Wildman–Crippen LogP) is 2.26. The van der Waals surface area contributed by atoms with E-state index in [1.807, 2.05) is 0 Å². The number of nitrogens with two attached hydrogens (primary N) is 1. The molecule has 1 fully saturated rings. The molecule has 0 unspecified atom stereocenters. The molecule has 2 heteroatoms. The van der Waals surface area contributed by atoms with Crippen LogP contribution in [-0.4, -0.2) is 12.1 Å². The molecule has 0 radical (unpaired) electrons. The van der Waals surface area contributed by atoms with Crippen LogP contribution in [0.2, 0.25) is 0 Å². The lowest BCUT2D eigenvalue weighted by molar-refractivity contribution is -0.0188. The lowest BCUT2D eigenvalue weighted by Crippen LogP contribution is -2.41. The number of rotatable bonds is 4. The number of benzene rings is 1. The summed E-state index contributed by atoms with van der Waals surface area (Å²) < 4.78 is 5.73. The van der Waals surface area contributed by atoms with E-state index in [-0.39, 0.29) is 0 Å². The summed E-state index contributed by atoms with van der Waals surface area (Å²) in [4.78, 5) is 0. The van der Waals surface area contributed by atoms with E-state index in [0.717, 1.165) is 25.9 Å². The highest BCUT2D eigenvalue weighted by Gasteiger charge is 2.26. The van der Waals surface area contributed by atoms with Gasteiger partial charge >= 0.3 is 0 Å². The molecule has 0 bridgehead atoms. The van der Waals surface area contributed by atoms with Gasteiger partial charge in [-0.05, 0) is 30.4 Å². The fourth-order valence-electron chi connectivity index (χ4n) is 1.83. The van der Waals surface area contributed by atoms with Gasteiger partial charge in [-0.2, -0.15) is 0 Å². The van der Waals surface area contributed by atoms with Crippen LogP contribution in [0, 0.1) is 0 Å². The summed E-state index contributed by atoms with van der Waals surface area (Å²) in [6.07, 6.45) is 3.53. The summed E-state index contributed by atoms with van der Waals surface area (Å²) in [5.74, 6) is 0. The van der Waals surface area contributed by atoms with Gasteiger partial charge in [-0.25, -0.2) is 0 Å². The molecule has 2 nitrogen and oxygen atoms in total. The molecule has 1 aliphatic rings. The largest absolute Gasteiger partial charge is 0.373 e. The van der Waals surface area contributed by atoms with Crippen molar-refractivity contribution in [1.82, 2.24) is 0 Å². The van der Waals surface area contributed by atoms with Gasteiger partial charge < -0.3 is 10.5 Å². The molecular formula is C13H19NO. The van der Waals surface area contributed by atoms with E-state index in [1.165, 1.54) is 11.1 Å². The van der Waals surface area contributed by atoms with Gasteiger partial charge in [0.25, 0.3) is 0 Å². The van der Waals surface area contributed by atoms with Crippen LogP contribution in [0.4, 0.5) is 0 Å². The summed E-state index contributed by atoms with van der Waals surface area (Å²) in [5.41, 5.74) is 8.33. The first-order valence-corrected chi connectivity index (χ1v) is 5.73. The van der Waals surface area contributed by atoms with E-state index < -0.39 is 0 Å². The minimum Gasteiger partial charge on any atom is -0.373 e. The van der Waals surface area contributed by atoms with E-state index >= 15 is 0 Å². The highest BCUT2D eigenvalue weighted by atomic mass is 16.5. The predicted molar refractivity (Wildman–Crippen MR) is 61.6 cm³/mol. The lowest BCUT2D eigenvalue weighted by atomic mass is 9.90. The number of hydrogen-bond acceptors (Lipinski definition) is 2. The summed E-state index contributed by atoms with van der Waals surface area (Å²) in [6, 6.07) is 9.02. The number of aryl methyl sites for hydroxylation is 1. The Bertz CT molecular complexity index is 301. The van der Waals surface area contributed by atoms with Gasteiger partial charge in [0.1, 0.15) is 0 Å². The third-order valence-corrected chi connectivity index (χ3v) is 3.05. The van der Waals surface area contributed by atoms with Crippen LogP contribution in [0.15, 0.2) is 24.3 Å². The molecule has 0 aliphatic heterocycles. The normalized spacial score (nSPS) is 24.9. The molecular weight excluding hydrogens is 186 g/mol. The van der Waals surface area contributed by atoms with E-state index in [1.54, 1.807) is 0 Å². The molecule has 2 N–H and O–H groups in total. The van der Waals surface area contributed by atoms with Gasteiger partial charge in [-0.3, -0.25) is 0 Å². The molecule has 0 saturated heterocycles. The minimum absolute atomic E-state index is 0.373. The SMILES string of the molecule is CCc1ccc(COC2CC(N)C2)cc1. The Balaban J connectivity index is 1.78. The van der Waals surface area contributed by atoms with E-state index in [4.69, 9.17) is 10.5 Å². The molecule has 0 spiro atoms. The van der Waals surface area contributed by atoms with Crippen molar-refractivity contribution in [2.45, 2.75) is 44.9 Å². The second-order valence-corrected chi connectivity index (χ2v) is 4.33. The molecule has 1 aromatic rings. The van der Waals surface area contributed by atoms with Crippen molar-refractivity contribution in [2.75, 3.05) is 0 Å². The standard InChI is InChI=1S/C13H19NO/c1-2-10-3-5-11(6-4-10)9-15-13-7-12(14)8-13/h3-6,12-13H,2,7-9,14H2,1H3. The van der Waals surface area contributed by atoms with Crippen molar-refractivity contribution >= 4 is 0 Å². The van der Waals surface area contributed by atoms with Gasteiger partial charge in [-0.15, -0.1) is 0 Å². The van der Waals surface area contributed by atoms with Crippen molar-refractivity contribution in [3.8, 4) is 0 Å². The van der Waals surface area contributed by atoms with E-state index in [9.17, 15) is 0 Å². The van der Waals surface area contributed by atoms with Gasteiger partial charge in [-0.1, -0.05) is 31.2 Å². The third-order valence-electron chi connectivity index (χ3n) is 3.05. The number of hydrogen-bond donors (Lipinski definition) is 1. The smallest absolute Gasteiger partial charge is 0.0720 e. The molecule has 1 aromatic carbocycles. The molecule has 1 saturated carbocycles. The first-order valence-electron chi connectivity index (χ1n) is 5.73. The summed E-state index contributed by atoms with van der Waals surface area (Å²) in [5, 5.41) is 0. The van der Waals surface area contributed by atoms with Crippen LogP contribution in [0.25, 0.3) is 0 Å². The lowest BCUT2D eigenvalue weighted by Gasteiger charge is -2.32. The quantitative estimate of drug-likeness (QED) is 0.818. The summed E-state index contributed by atoms with van der Waals surface area (Å²) in [7, 11) is 0. The Labute approximate surface area is 91.4 Å². The Morgan fingerprint density at radius 2 is 1.80 bits per heavy atom. The maximum atomic E-state index is 5.73. The van der Waals surface area contributed by atoms with Gasteiger partial charge in [0.15, 0.2) is 0 Å². The Morgan fingerprint density at radius 1 is 1.20 bits per heavy atom. The fourth-order valence-corrected chi connectivity index (χ4v) is 1.83. The highest BCUT2D eigenvalue weighted by Crippen LogP contribution is 2.22.